The van der Waals surface area contributed by atoms with Crippen molar-refractivity contribution in [3.63, 3.8) is 0 Å². The number of amides is 3. The van der Waals surface area contributed by atoms with Crippen LogP contribution in [0.4, 0.5) is 5.69 Å². The first-order valence-corrected chi connectivity index (χ1v) is 10.2. The number of ether oxygens (including phenoxy) is 1. The van der Waals surface area contributed by atoms with E-state index in [-0.39, 0.29) is 30.5 Å². The zero-order valence-corrected chi connectivity index (χ0v) is 18.7. The molecule has 0 unspecified atom stereocenters. The van der Waals surface area contributed by atoms with Gasteiger partial charge in [0.2, 0.25) is 11.8 Å². The molecule has 31 heavy (non-hydrogen) atoms. The molecule has 2 aromatic rings. The molecule has 0 atom stereocenters. The summed E-state index contributed by atoms with van der Waals surface area (Å²) in [6, 6.07) is 12.2. The molecule has 2 rings (SSSR count). The molecule has 0 aliphatic carbocycles. The average molecular weight is 463 g/mol. The molecule has 8 nitrogen and oxygen atoms in total. The summed E-state index contributed by atoms with van der Waals surface area (Å²) in [5.41, 5.74) is 7.48. The lowest BCUT2D eigenvalue weighted by Crippen LogP contribution is -2.49. The van der Waals surface area contributed by atoms with E-state index in [2.05, 4.69) is 21.5 Å². The second-order valence-corrected chi connectivity index (χ2v) is 7.50. The number of halogens is 1. The van der Waals surface area contributed by atoms with Crippen LogP contribution in [0.5, 0.6) is 5.75 Å². The summed E-state index contributed by atoms with van der Waals surface area (Å²) >= 11 is 10.7. The fourth-order valence-corrected chi connectivity index (χ4v) is 2.75. The van der Waals surface area contributed by atoms with Gasteiger partial charge in [-0.3, -0.25) is 30.6 Å². The van der Waals surface area contributed by atoms with E-state index < -0.39 is 11.8 Å². The number of benzene rings is 2. The molecule has 0 aliphatic rings. The van der Waals surface area contributed by atoms with Gasteiger partial charge in [0, 0.05) is 23.6 Å². The maximum absolute atomic E-state index is 12.0. The van der Waals surface area contributed by atoms with Gasteiger partial charge in [0.25, 0.3) is 5.91 Å². The fourth-order valence-electron chi connectivity index (χ4n) is 2.46. The normalized spacial score (nSPS) is 10.0. The predicted molar refractivity (Wildman–Crippen MR) is 123 cm³/mol. The summed E-state index contributed by atoms with van der Waals surface area (Å²) in [6.07, 6.45) is -0.0607. The maximum Gasteiger partial charge on any atom is 0.264 e. The SMILES string of the molecule is Cc1ccc(NC(=O)CCC(=O)NNC(=S)NC(=O)COc2ccc(Cl)cc2)c(C)c1. The number of carbonyl (C=O) groups is 3. The molecule has 4 N–H and O–H groups in total. The van der Waals surface area contributed by atoms with E-state index in [4.69, 9.17) is 28.6 Å². The van der Waals surface area contributed by atoms with Crippen molar-refractivity contribution < 1.29 is 19.1 Å². The maximum atomic E-state index is 12.0. The Balaban J connectivity index is 1.63. The largest absolute Gasteiger partial charge is 0.484 e. The summed E-state index contributed by atoms with van der Waals surface area (Å²) < 4.78 is 5.29. The zero-order valence-electron chi connectivity index (χ0n) is 17.1. The second kappa shape index (κ2) is 11.9. The summed E-state index contributed by atoms with van der Waals surface area (Å²) in [5.74, 6) is -0.762. The molecule has 0 aliphatic heterocycles. The van der Waals surface area contributed by atoms with Gasteiger partial charge >= 0.3 is 0 Å². The minimum absolute atomic E-state index is 0.00508. The van der Waals surface area contributed by atoms with Gasteiger partial charge in [-0.2, -0.15) is 0 Å². The van der Waals surface area contributed by atoms with Crippen LogP contribution in [-0.4, -0.2) is 29.4 Å². The van der Waals surface area contributed by atoms with E-state index in [0.29, 0.717) is 16.5 Å². The molecule has 0 saturated heterocycles. The molecule has 0 radical (unpaired) electrons. The quantitative estimate of drug-likeness (QED) is 0.372. The van der Waals surface area contributed by atoms with Crippen molar-refractivity contribution in [3.8, 4) is 5.75 Å². The molecule has 3 amide bonds. The molecular weight excluding hydrogens is 440 g/mol. The van der Waals surface area contributed by atoms with Gasteiger partial charge in [0.15, 0.2) is 11.7 Å². The summed E-state index contributed by atoms with van der Waals surface area (Å²) in [6.45, 7) is 3.60. The summed E-state index contributed by atoms with van der Waals surface area (Å²) in [4.78, 5) is 35.7. The molecule has 0 bridgehead atoms. The number of aryl methyl sites for hydroxylation is 2. The second-order valence-electron chi connectivity index (χ2n) is 6.66. The van der Waals surface area contributed by atoms with Crippen LogP contribution in [0.2, 0.25) is 5.02 Å². The van der Waals surface area contributed by atoms with Crippen LogP contribution in [0.3, 0.4) is 0 Å². The topological polar surface area (TPSA) is 109 Å². The van der Waals surface area contributed by atoms with E-state index >= 15 is 0 Å². The summed E-state index contributed by atoms with van der Waals surface area (Å²) in [5, 5.41) is 5.59. The Labute approximate surface area is 190 Å². The van der Waals surface area contributed by atoms with Crippen LogP contribution in [0.25, 0.3) is 0 Å². The highest BCUT2D eigenvalue weighted by Gasteiger charge is 2.10. The van der Waals surface area contributed by atoms with Crippen molar-refractivity contribution in [1.29, 1.82) is 0 Å². The molecule has 0 fully saturated rings. The lowest BCUT2D eigenvalue weighted by molar-refractivity contribution is -0.125. The van der Waals surface area contributed by atoms with E-state index in [1.165, 1.54) is 0 Å². The van der Waals surface area contributed by atoms with Gasteiger partial charge in [-0.05, 0) is 62.0 Å². The lowest BCUT2D eigenvalue weighted by atomic mass is 10.1. The first-order valence-electron chi connectivity index (χ1n) is 9.37. The van der Waals surface area contributed by atoms with Gasteiger partial charge in [-0.1, -0.05) is 29.3 Å². The van der Waals surface area contributed by atoms with Gasteiger partial charge in [-0.15, -0.1) is 0 Å². The molecule has 0 spiro atoms. The zero-order chi connectivity index (χ0) is 22.8. The minimum atomic E-state index is -0.505. The van der Waals surface area contributed by atoms with Crippen molar-refractivity contribution in [2.45, 2.75) is 26.7 Å². The molecule has 164 valence electrons. The van der Waals surface area contributed by atoms with Crippen molar-refractivity contribution in [2.24, 2.45) is 0 Å². The fraction of sp³-hybridized carbons (Fsp3) is 0.238. The Bertz CT molecular complexity index is 966. The van der Waals surface area contributed by atoms with Crippen LogP contribution in [0.15, 0.2) is 42.5 Å². The third-order valence-electron chi connectivity index (χ3n) is 3.99. The highest BCUT2D eigenvalue weighted by atomic mass is 35.5. The number of hydrazine groups is 1. The molecule has 10 heteroatoms. The van der Waals surface area contributed by atoms with Crippen molar-refractivity contribution in [2.75, 3.05) is 11.9 Å². The molecule has 2 aromatic carbocycles. The van der Waals surface area contributed by atoms with Crippen LogP contribution in [0, 0.1) is 13.8 Å². The monoisotopic (exact) mass is 462 g/mol. The number of rotatable bonds is 7. The number of anilines is 1. The van der Waals surface area contributed by atoms with Gasteiger partial charge in [0.05, 0.1) is 0 Å². The van der Waals surface area contributed by atoms with Gasteiger partial charge in [0.1, 0.15) is 5.75 Å². The Morgan fingerprint density at radius 2 is 1.61 bits per heavy atom. The van der Waals surface area contributed by atoms with E-state index in [1.807, 2.05) is 32.0 Å². The van der Waals surface area contributed by atoms with Crippen LogP contribution in [-0.2, 0) is 14.4 Å². The number of thiocarbonyl (C=S) groups is 1. The molecule has 0 heterocycles. The number of hydrogen-bond acceptors (Lipinski definition) is 5. The number of carbonyl (C=O) groups excluding carboxylic acids is 3. The predicted octanol–water partition coefficient (Wildman–Crippen LogP) is 2.78. The molecule has 0 aromatic heterocycles. The van der Waals surface area contributed by atoms with Crippen LogP contribution >= 0.6 is 23.8 Å². The van der Waals surface area contributed by atoms with E-state index in [9.17, 15) is 14.4 Å². The summed E-state index contributed by atoms with van der Waals surface area (Å²) in [7, 11) is 0. The molecular formula is C21H23ClN4O4S. The lowest BCUT2D eigenvalue weighted by Gasteiger charge is -2.12. The van der Waals surface area contributed by atoms with Gasteiger partial charge in [-0.25, -0.2) is 0 Å². The first kappa shape index (κ1) is 24.1. The Hall–Kier alpha value is -3.17. The van der Waals surface area contributed by atoms with E-state index in [0.717, 1.165) is 11.1 Å². The smallest absolute Gasteiger partial charge is 0.264 e. The average Bonchev–Trinajstić information content (AvgIpc) is 2.72. The number of nitrogens with one attached hydrogen (secondary N) is 4. The molecule has 0 saturated carbocycles. The highest BCUT2D eigenvalue weighted by molar-refractivity contribution is 7.80. The third-order valence-corrected chi connectivity index (χ3v) is 4.44. The first-order chi connectivity index (χ1) is 14.7. The highest BCUT2D eigenvalue weighted by Crippen LogP contribution is 2.16. The third kappa shape index (κ3) is 9.02. The van der Waals surface area contributed by atoms with Crippen molar-refractivity contribution >= 4 is 52.3 Å². The number of hydrogen-bond donors (Lipinski definition) is 4. The van der Waals surface area contributed by atoms with Crippen molar-refractivity contribution in [3.05, 3.63) is 58.6 Å². The minimum Gasteiger partial charge on any atom is -0.484 e. The van der Waals surface area contributed by atoms with Crippen molar-refractivity contribution in [1.82, 2.24) is 16.2 Å². The van der Waals surface area contributed by atoms with Crippen LogP contribution in [0.1, 0.15) is 24.0 Å². The van der Waals surface area contributed by atoms with Crippen LogP contribution < -0.4 is 26.2 Å². The van der Waals surface area contributed by atoms with E-state index in [1.54, 1.807) is 24.3 Å². The Morgan fingerprint density at radius 1 is 0.935 bits per heavy atom. The standard InChI is InChI=1S/C21H23ClN4O4S/c1-13-3-8-17(14(2)11-13)23-18(27)9-10-19(28)25-26-21(31)24-20(29)12-30-16-6-4-15(22)5-7-16/h3-8,11H,9-10,12H2,1-2H3,(H,23,27)(H,25,28)(H2,24,26,29,31). The Kier molecular flexibility index (Phi) is 9.23. The van der Waals surface area contributed by atoms with Gasteiger partial charge < -0.3 is 10.1 Å². The Morgan fingerprint density at radius 3 is 2.29 bits per heavy atom.